The molecule has 2 rings (SSSR count). The van der Waals surface area contributed by atoms with Crippen LogP contribution in [-0.4, -0.2) is 18.0 Å². The predicted molar refractivity (Wildman–Crippen MR) is 59.2 cm³/mol. The topological polar surface area (TPSA) is 55.6 Å². The van der Waals surface area contributed by atoms with E-state index in [2.05, 4.69) is 0 Å². The molecule has 1 aromatic rings. The molecule has 1 unspecified atom stereocenters. The number of amides is 1. The van der Waals surface area contributed by atoms with E-state index in [0.29, 0.717) is 17.1 Å². The molecule has 1 aromatic carbocycles. The Morgan fingerprint density at radius 3 is 3.00 bits per heavy atom. The summed E-state index contributed by atoms with van der Waals surface area (Å²) < 4.78 is 5.43. The zero-order valence-corrected chi connectivity index (χ0v) is 8.99. The normalized spacial score (nSPS) is 19.7. The summed E-state index contributed by atoms with van der Waals surface area (Å²) in [6.07, 6.45) is -0.500. The van der Waals surface area contributed by atoms with E-state index in [1.807, 2.05) is 0 Å². The van der Waals surface area contributed by atoms with Gasteiger partial charge >= 0.3 is 0 Å². The van der Waals surface area contributed by atoms with Crippen molar-refractivity contribution < 1.29 is 9.53 Å². The van der Waals surface area contributed by atoms with E-state index in [4.69, 9.17) is 22.1 Å². The minimum absolute atomic E-state index is 0.100. The summed E-state index contributed by atoms with van der Waals surface area (Å²) in [5, 5.41) is 0. The van der Waals surface area contributed by atoms with E-state index < -0.39 is 6.10 Å². The van der Waals surface area contributed by atoms with Crippen molar-refractivity contribution in [2.45, 2.75) is 13.0 Å². The van der Waals surface area contributed by atoms with Crippen LogP contribution in [0.25, 0.3) is 0 Å². The molecule has 15 heavy (non-hydrogen) atoms. The Hall–Kier alpha value is -1.42. The van der Waals surface area contributed by atoms with Gasteiger partial charge in [-0.15, -0.1) is 11.6 Å². The van der Waals surface area contributed by atoms with Gasteiger partial charge in [0.1, 0.15) is 11.8 Å². The monoisotopic (exact) mass is 226 g/mol. The van der Waals surface area contributed by atoms with Crippen LogP contribution in [0.3, 0.4) is 0 Å². The average Bonchev–Trinajstić information content (AvgIpc) is 2.21. The molecule has 5 heteroatoms. The van der Waals surface area contributed by atoms with Gasteiger partial charge in [0.05, 0.1) is 5.69 Å². The summed E-state index contributed by atoms with van der Waals surface area (Å²) in [4.78, 5) is 13.2. The number of anilines is 2. The molecular formula is C10H11ClN2O2. The third kappa shape index (κ3) is 1.61. The third-order valence-electron chi connectivity index (χ3n) is 2.31. The summed E-state index contributed by atoms with van der Waals surface area (Å²) in [5.41, 5.74) is 6.85. The molecule has 2 N–H and O–H groups in total. The molecule has 0 saturated heterocycles. The number of benzene rings is 1. The average molecular weight is 227 g/mol. The van der Waals surface area contributed by atoms with Crippen LogP contribution >= 0.6 is 11.6 Å². The molecule has 0 spiro atoms. The van der Waals surface area contributed by atoms with Gasteiger partial charge in [-0.2, -0.15) is 0 Å². The van der Waals surface area contributed by atoms with Crippen LogP contribution < -0.4 is 15.4 Å². The molecule has 80 valence electrons. The number of alkyl halides is 1. The number of hydrogen-bond donors (Lipinski definition) is 1. The van der Waals surface area contributed by atoms with Crippen molar-refractivity contribution in [1.82, 2.24) is 0 Å². The highest BCUT2D eigenvalue weighted by Crippen LogP contribution is 2.35. The number of ether oxygens (including phenoxy) is 1. The maximum atomic E-state index is 11.7. The second kappa shape index (κ2) is 3.62. The number of nitrogen functional groups attached to an aromatic ring is 1. The van der Waals surface area contributed by atoms with Crippen molar-refractivity contribution in [3.63, 3.8) is 0 Å². The minimum atomic E-state index is -0.500. The quantitative estimate of drug-likeness (QED) is 0.449. The molecule has 1 aliphatic heterocycles. The van der Waals surface area contributed by atoms with E-state index in [1.165, 1.54) is 4.90 Å². The fourth-order valence-corrected chi connectivity index (χ4v) is 1.79. The fourth-order valence-electron chi connectivity index (χ4n) is 1.55. The number of nitrogens with two attached hydrogens (primary N) is 1. The highest BCUT2D eigenvalue weighted by molar-refractivity contribution is 6.22. The van der Waals surface area contributed by atoms with Crippen molar-refractivity contribution in [2.24, 2.45) is 0 Å². The largest absolute Gasteiger partial charge is 0.479 e. The van der Waals surface area contributed by atoms with Crippen LogP contribution in [0.2, 0.25) is 0 Å². The molecule has 1 atom stereocenters. The molecular weight excluding hydrogens is 216 g/mol. The van der Waals surface area contributed by atoms with Gasteiger partial charge in [-0.05, 0) is 25.1 Å². The minimum Gasteiger partial charge on any atom is -0.479 e. The maximum Gasteiger partial charge on any atom is 0.268 e. The lowest BCUT2D eigenvalue weighted by molar-refractivity contribution is -0.125. The van der Waals surface area contributed by atoms with Crippen LogP contribution in [0, 0.1) is 0 Å². The second-order valence-corrected chi connectivity index (χ2v) is 3.61. The highest BCUT2D eigenvalue weighted by Gasteiger charge is 2.30. The maximum absolute atomic E-state index is 11.7. The molecule has 1 amide bonds. The molecule has 0 radical (unpaired) electrons. The van der Waals surface area contributed by atoms with Crippen LogP contribution in [0.5, 0.6) is 5.75 Å². The van der Waals surface area contributed by atoms with Crippen molar-refractivity contribution in [2.75, 3.05) is 16.6 Å². The van der Waals surface area contributed by atoms with E-state index in [-0.39, 0.29) is 11.9 Å². The van der Waals surface area contributed by atoms with Crippen LogP contribution in [0.15, 0.2) is 18.2 Å². The molecule has 0 bridgehead atoms. The number of rotatable bonds is 1. The Morgan fingerprint density at radius 1 is 1.60 bits per heavy atom. The molecule has 0 aromatic heterocycles. The van der Waals surface area contributed by atoms with Crippen molar-refractivity contribution in [3.8, 4) is 5.75 Å². The number of carbonyl (C=O) groups is 1. The van der Waals surface area contributed by atoms with Crippen LogP contribution in [0.1, 0.15) is 6.92 Å². The Balaban J connectivity index is 2.51. The summed E-state index contributed by atoms with van der Waals surface area (Å²) in [5.74, 6) is 0.486. The summed E-state index contributed by atoms with van der Waals surface area (Å²) in [6.45, 7) is 1.70. The number of hydrogen-bond acceptors (Lipinski definition) is 3. The highest BCUT2D eigenvalue weighted by atomic mass is 35.5. The van der Waals surface area contributed by atoms with E-state index in [9.17, 15) is 4.79 Å². The lowest BCUT2D eigenvalue weighted by Crippen LogP contribution is -2.43. The number of halogens is 1. The first-order valence-corrected chi connectivity index (χ1v) is 5.10. The fraction of sp³-hybridized carbons (Fsp3) is 0.300. The zero-order chi connectivity index (χ0) is 11.0. The number of nitrogens with zero attached hydrogens (tertiary/aromatic N) is 1. The van der Waals surface area contributed by atoms with E-state index in [0.717, 1.165) is 0 Å². The summed E-state index contributed by atoms with van der Waals surface area (Å²) in [7, 11) is 0. The van der Waals surface area contributed by atoms with Crippen molar-refractivity contribution in [3.05, 3.63) is 18.2 Å². The van der Waals surface area contributed by atoms with Gasteiger partial charge in [0, 0.05) is 5.69 Å². The Bertz CT molecular complexity index is 408. The molecule has 0 aliphatic carbocycles. The number of fused-ring (bicyclic) bond motifs is 1. The Labute approximate surface area is 92.6 Å². The first-order chi connectivity index (χ1) is 7.13. The SMILES string of the molecule is CC1Oc2ccc(N)cc2N(CCl)C1=O. The van der Waals surface area contributed by atoms with Gasteiger partial charge in [-0.3, -0.25) is 9.69 Å². The molecule has 1 heterocycles. The Morgan fingerprint density at radius 2 is 2.33 bits per heavy atom. The van der Waals surface area contributed by atoms with Crippen molar-refractivity contribution in [1.29, 1.82) is 0 Å². The zero-order valence-electron chi connectivity index (χ0n) is 8.24. The molecule has 1 aliphatic rings. The molecule has 0 fully saturated rings. The van der Waals surface area contributed by atoms with Crippen LogP contribution in [0.4, 0.5) is 11.4 Å². The third-order valence-corrected chi connectivity index (χ3v) is 2.55. The van der Waals surface area contributed by atoms with Gasteiger partial charge < -0.3 is 10.5 Å². The van der Waals surface area contributed by atoms with Gasteiger partial charge in [0.15, 0.2) is 6.10 Å². The summed E-state index contributed by atoms with van der Waals surface area (Å²) >= 11 is 5.73. The molecule has 0 saturated carbocycles. The van der Waals surface area contributed by atoms with E-state index in [1.54, 1.807) is 25.1 Å². The standard InChI is InChI=1S/C10H11ClN2O2/c1-6-10(14)13(5-11)8-4-7(12)2-3-9(8)15-6/h2-4,6H,5,12H2,1H3. The van der Waals surface area contributed by atoms with Gasteiger partial charge in [0.25, 0.3) is 5.91 Å². The predicted octanol–water partition coefficient (Wildman–Crippen LogP) is 1.58. The molecule has 4 nitrogen and oxygen atoms in total. The second-order valence-electron chi connectivity index (χ2n) is 3.37. The van der Waals surface area contributed by atoms with Gasteiger partial charge in [-0.1, -0.05) is 0 Å². The first-order valence-electron chi connectivity index (χ1n) is 4.57. The lowest BCUT2D eigenvalue weighted by Gasteiger charge is -2.31. The van der Waals surface area contributed by atoms with E-state index >= 15 is 0 Å². The van der Waals surface area contributed by atoms with Crippen LogP contribution in [-0.2, 0) is 4.79 Å². The van der Waals surface area contributed by atoms with Gasteiger partial charge in [0.2, 0.25) is 0 Å². The summed E-state index contributed by atoms with van der Waals surface area (Å²) in [6, 6.07) is 5.26. The smallest absolute Gasteiger partial charge is 0.268 e. The van der Waals surface area contributed by atoms with Gasteiger partial charge in [-0.25, -0.2) is 0 Å². The first kappa shape index (κ1) is 10.1. The number of carbonyl (C=O) groups excluding carboxylic acids is 1. The van der Waals surface area contributed by atoms with Crippen molar-refractivity contribution >= 4 is 28.9 Å². The Kier molecular flexibility index (Phi) is 2.44. The lowest BCUT2D eigenvalue weighted by atomic mass is 10.2.